The molecule has 1 aromatic rings. The lowest BCUT2D eigenvalue weighted by molar-refractivity contribution is 0.169. The van der Waals surface area contributed by atoms with Gasteiger partial charge in [0.15, 0.2) is 0 Å². The molecule has 4 rings (SSSR count). The molecule has 5 heteroatoms. The molecule has 2 amide bonds. The van der Waals surface area contributed by atoms with Crippen LogP contribution in [-0.2, 0) is 10.8 Å². The average Bonchev–Trinajstić information content (AvgIpc) is 3.33. The maximum absolute atomic E-state index is 12.8. The van der Waals surface area contributed by atoms with Crippen LogP contribution in [-0.4, -0.2) is 34.5 Å². The zero-order chi connectivity index (χ0) is 18.4. The summed E-state index contributed by atoms with van der Waals surface area (Å²) in [5.74, 6) is 3.37. The molecule has 0 aromatic heterocycles. The van der Waals surface area contributed by atoms with E-state index in [2.05, 4.69) is 5.32 Å². The highest BCUT2D eigenvalue weighted by atomic mass is 32.2. The quantitative estimate of drug-likeness (QED) is 0.867. The second-order valence-corrected chi connectivity index (χ2v) is 9.90. The summed E-state index contributed by atoms with van der Waals surface area (Å²) in [6.45, 7) is 2.05. The molecular weight excluding hydrogens is 344 g/mol. The molecule has 0 unspecified atom stereocenters. The molecule has 142 valence electrons. The fourth-order valence-corrected chi connectivity index (χ4v) is 6.35. The molecule has 0 saturated heterocycles. The van der Waals surface area contributed by atoms with E-state index < -0.39 is 10.8 Å². The molecule has 0 radical (unpaired) electrons. The van der Waals surface area contributed by atoms with Gasteiger partial charge in [-0.2, -0.15) is 0 Å². The minimum absolute atomic E-state index is 0.00726. The Labute approximate surface area is 159 Å². The minimum Gasteiger partial charge on any atom is -0.335 e. The number of nitrogens with one attached hydrogen (secondary N) is 1. The summed E-state index contributed by atoms with van der Waals surface area (Å²) in [6.07, 6.45) is 8.37. The molecule has 1 aromatic carbocycles. The molecule has 0 heterocycles. The van der Waals surface area contributed by atoms with E-state index in [0.717, 1.165) is 28.2 Å². The smallest absolute Gasteiger partial charge is 0.317 e. The Kier molecular flexibility index (Phi) is 4.84. The molecule has 3 aliphatic carbocycles. The van der Waals surface area contributed by atoms with Crippen LogP contribution in [0.3, 0.4) is 0 Å². The van der Waals surface area contributed by atoms with Gasteiger partial charge in [-0.25, -0.2) is 4.79 Å². The third-order valence-electron chi connectivity index (χ3n) is 7.33. The van der Waals surface area contributed by atoms with Crippen molar-refractivity contribution in [3.05, 3.63) is 29.8 Å². The second-order valence-electron chi connectivity index (χ2n) is 8.52. The number of carbonyl (C=O) groups excluding carboxylic acids is 1. The summed E-state index contributed by atoms with van der Waals surface area (Å²) >= 11 is 0. The molecule has 3 fully saturated rings. The van der Waals surface area contributed by atoms with Crippen molar-refractivity contribution in [2.24, 2.45) is 23.7 Å². The monoisotopic (exact) mass is 374 g/mol. The van der Waals surface area contributed by atoms with Gasteiger partial charge >= 0.3 is 6.03 Å². The Balaban J connectivity index is 1.38. The van der Waals surface area contributed by atoms with Crippen molar-refractivity contribution >= 4 is 16.8 Å². The number of rotatable bonds is 4. The van der Waals surface area contributed by atoms with Gasteiger partial charge < -0.3 is 10.2 Å². The minimum atomic E-state index is -0.970. The topological polar surface area (TPSA) is 49.4 Å². The predicted molar refractivity (Wildman–Crippen MR) is 104 cm³/mol. The van der Waals surface area contributed by atoms with Crippen LogP contribution >= 0.6 is 0 Å². The van der Waals surface area contributed by atoms with Gasteiger partial charge in [0.25, 0.3) is 0 Å². The van der Waals surface area contributed by atoms with Gasteiger partial charge in [0.1, 0.15) is 0 Å². The lowest BCUT2D eigenvalue weighted by Gasteiger charge is -2.34. The molecule has 3 saturated carbocycles. The molecule has 0 aliphatic heterocycles. The van der Waals surface area contributed by atoms with E-state index in [4.69, 9.17) is 0 Å². The number of nitrogens with zero attached hydrogens (tertiary/aromatic N) is 1. The first-order valence-corrected chi connectivity index (χ1v) is 11.5. The van der Waals surface area contributed by atoms with Crippen LogP contribution in [0.15, 0.2) is 29.2 Å². The van der Waals surface area contributed by atoms with Crippen LogP contribution < -0.4 is 5.32 Å². The first-order chi connectivity index (χ1) is 12.5. The summed E-state index contributed by atoms with van der Waals surface area (Å²) in [4.78, 5) is 15.4. The highest BCUT2D eigenvalue weighted by Gasteiger charge is 2.54. The van der Waals surface area contributed by atoms with Gasteiger partial charge in [0.2, 0.25) is 0 Å². The number of carbonyl (C=O) groups is 1. The number of urea groups is 1. The van der Waals surface area contributed by atoms with Crippen molar-refractivity contribution in [1.82, 2.24) is 10.2 Å². The van der Waals surface area contributed by atoms with Gasteiger partial charge in [-0.1, -0.05) is 18.6 Å². The number of fused-ring (bicyclic) bond motifs is 5. The molecule has 26 heavy (non-hydrogen) atoms. The van der Waals surface area contributed by atoms with E-state index in [9.17, 15) is 9.00 Å². The Morgan fingerprint density at radius 3 is 2.54 bits per heavy atom. The second kappa shape index (κ2) is 6.99. The number of benzene rings is 1. The van der Waals surface area contributed by atoms with Crippen molar-refractivity contribution in [2.45, 2.75) is 56.0 Å². The molecule has 1 N–H and O–H groups in total. The molecule has 7 atom stereocenters. The van der Waals surface area contributed by atoms with Crippen LogP contribution in [0.25, 0.3) is 0 Å². The maximum atomic E-state index is 12.8. The van der Waals surface area contributed by atoms with Crippen LogP contribution in [0.5, 0.6) is 0 Å². The standard InChI is InChI=1S/C21H30N2O2S/c1-13(14-7-9-16(10-8-14)26(3)25)23(2)21(24)22-20-12-15-11-19(20)18-6-4-5-17(15)18/h7-10,13,15,17-20H,4-6,11-12H2,1-3H3,(H,22,24)/t13-,15-,17-,18-,19+,20-,26+/m1/s1. The Bertz CT molecular complexity index is 704. The van der Waals surface area contributed by atoms with Crippen molar-refractivity contribution in [1.29, 1.82) is 0 Å². The van der Waals surface area contributed by atoms with Gasteiger partial charge in [-0.3, -0.25) is 4.21 Å². The number of hydrogen-bond donors (Lipinski definition) is 1. The third-order valence-corrected chi connectivity index (χ3v) is 8.27. The van der Waals surface area contributed by atoms with Crippen molar-refractivity contribution in [3.63, 3.8) is 0 Å². The van der Waals surface area contributed by atoms with Gasteiger partial charge in [0.05, 0.1) is 6.04 Å². The first-order valence-electron chi connectivity index (χ1n) is 9.92. The van der Waals surface area contributed by atoms with Crippen LogP contribution in [0.4, 0.5) is 4.79 Å². The average molecular weight is 375 g/mol. The van der Waals surface area contributed by atoms with Crippen molar-refractivity contribution in [2.75, 3.05) is 13.3 Å². The van der Waals surface area contributed by atoms with E-state index >= 15 is 0 Å². The van der Waals surface area contributed by atoms with Crippen LogP contribution in [0.2, 0.25) is 0 Å². The summed E-state index contributed by atoms with van der Waals surface area (Å²) < 4.78 is 11.5. The van der Waals surface area contributed by atoms with E-state index in [1.54, 1.807) is 11.2 Å². The Hall–Kier alpha value is -1.36. The lowest BCUT2D eigenvalue weighted by atomic mass is 9.79. The fourth-order valence-electron chi connectivity index (χ4n) is 5.83. The zero-order valence-corrected chi connectivity index (χ0v) is 16.8. The fraction of sp³-hybridized carbons (Fsp3) is 0.667. The molecule has 2 bridgehead atoms. The Morgan fingerprint density at radius 1 is 1.15 bits per heavy atom. The largest absolute Gasteiger partial charge is 0.335 e. The highest BCUT2D eigenvalue weighted by molar-refractivity contribution is 7.84. The van der Waals surface area contributed by atoms with Gasteiger partial charge in [0, 0.05) is 35.0 Å². The SMILES string of the molecule is C[C@H](c1ccc([S@](C)=O)cc1)N(C)C(=O)N[C@@H]1C[C@H]2C[C@H]1[C@@H]1CCC[C@H]21. The summed E-state index contributed by atoms with van der Waals surface area (Å²) in [5, 5.41) is 3.34. The Morgan fingerprint density at radius 2 is 1.85 bits per heavy atom. The normalized spacial score (nSPS) is 34.3. The van der Waals surface area contributed by atoms with Crippen molar-refractivity contribution in [3.8, 4) is 0 Å². The van der Waals surface area contributed by atoms with Crippen LogP contribution in [0, 0.1) is 23.7 Å². The first kappa shape index (κ1) is 18.0. The number of hydrogen-bond acceptors (Lipinski definition) is 2. The highest BCUT2D eigenvalue weighted by Crippen LogP contribution is 2.58. The molecular formula is C21H30N2O2S. The summed E-state index contributed by atoms with van der Waals surface area (Å²) in [7, 11) is 0.903. The summed E-state index contributed by atoms with van der Waals surface area (Å²) in [5.41, 5.74) is 1.07. The van der Waals surface area contributed by atoms with E-state index in [1.165, 1.54) is 32.1 Å². The third kappa shape index (κ3) is 3.08. The van der Waals surface area contributed by atoms with Gasteiger partial charge in [-0.15, -0.1) is 0 Å². The van der Waals surface area contributed by atoms with Crippen LogP contribution in [0.1, 0.15) is 50.6 Å². The number of amides is 2. The van der Waals surface area contributed by atoms with E-state index in [-0.39, 0.29) is 12.1 Å². The summed E-state index contributed by atoms with van der Waals surface area (Å²) in [6, 6.07) is 8.14. The molecule has 3 aliphatic rings. The molecule has 0 spiro atoms. The van der Waals surface area contributed by atoms with Gasteiger partial charge in [-0.05, 0) is 74.0 Å². The molecule has 4 nitrogen and oxygen atoms in total. The predicted octanol–water partition coefficient (Wildman–Crippen LogP) is 3.95. The van der Waals surface area contributed by atoms with Crippen molar-refractivity contribution < 1.29 is 9.00 Å². The van der Waals surface area contributed by atoms with E-state index in [1.807, 2.05) is 38.2 Å². The van der Waals surface area contributed by atoms with E-state index in [0.29, 0.717) is 12.0 Å². The zero-order valence-electron chi connectivity index (χ0n) is 16.0. The lowest BCUT2D eigenvalue weighted by Crippen LogP contribution is -2.48. The maximum Gasteiger partial charge on any atom is 0.317 e.